The minimum Gasteiger partial charge on any atom is -0.483 e. The molecule has 0 N–H and O–H groups in total. The molecule has 0 atom stereocenters. The van der Waals surface area contributed by atoms with E-state index in [4.69, 9.17) is 4.74 Å². The normalized spacial score (nSPS) is 16.1. The van der Waals surface area contributed by atoms with Crippen LogP contribution in [0.4, 0.5) is 13.2 Å². The van der Waals surface area contributed by atoms with Crippen LogP contribution in [0.25, 0.3) is 5.57 Å². The summed E-state index contributed by atoms with van der Waals surface area (Å²) in [7, 11) is 0. The van der Waals surface area contributed by atoms with E-state index in [0.717, 1.165) is 11.1 Å². The third-order valence-electron chi connectivity index (χ3n) is 3.31. The molecule has 0 fully saturated rings. The molecule has 120 valence electrons. The number of nitrogens with zero attached hydrogens (tertiary/aromatic N) is 1. The standard InChI is InChI=1S/C17H14F3NO2/c1-16(2)9-14(11-4-3-7-21-10-11)13-8-12(22-17(18,19)20)5-6-15(13)23-16/h3-10H,1-2H3. The smallest absolute Gasteiger partial charge is 0.483 e. The van der Waals surface area contributed by atoms with E-state index in [1.54, 1.807) is 18.5 Å². The average Bonchev–Trinajstić information content (AvgIpc) is 2.45. The minimum atomic E-state index is -4.73. The molecule has 0 saturated carbocycles. The Hall–Kier alpha value is -2.50. The molecule has 1 aromatic carbocycles. The molecule has 23 heavy (non-hydrogen) atoms. The fourth-order valence-corrected chi connectivity index (χ4v) is 2.50. The number of alkyl halides is 3. The molecule has 2 heterocycles. The summed E-state index contributed by atoms with van der Waals surface area (Å²) >= 11 is 0. The summed E-state index contributed by atoms with van der Waals surface area (Å²) < 4.78 is 47.1. The summed E-state index contributed by atoms with van der Waals surface area (Å²) in [6, 6.07) is 7.68. The van der Waals surface area contributed by atoms with Crippen LogP contribution in [-0.2, 0) is 0 Å². The van der Waals surface area contributed by atoms with Gasteiger partial charge in [-0.15, -0.1) is 13.2 Å². The van der Waals surface area contributed by atoms with Gasteiger partial charge in [-0.2, -0.15) is 0 Å². The Labute approximate surface area is 131 Å². The predicted molar refractivity (Wildman–Crippen MR) is 79.1 cm³/mol. The third kappa shape index (κ3) is 3.47. The van der Waals surface area contributed by atoms with Gasteiger partial charge in [0.15, 0.2) is 0 Å². The summed E-state index contributed by atoms with van der Waals surface area (Å²) in [6.07, 6.45) is 0.428. The fourth-order valence-electron chi connectivity index (χ4n) is 2.50. The van der Waals surface area contributed by atoms with E-state index < -0.39 is 12.0 Å². The van der Waals surface area contributed by atoms with Crippen molar-refractivity contribution in [3.63, 3.8) is 0 Å². The molecule has 0 bridgehead atoms. The lowest BCUT2D eigenvalue weighted by Crippen LogP contribution is -2.29. The van der Waals surface area contributed by atoms with Crippen molar-refractivity contribution in [3.05, 3.63) is 59.9 Å². The monoisotopic (exact) mass is 321 g/mol. The molecule has 1 aromatic heterocycles. The molecule has 1 aliphatic rings. The number of pyridine rings is 1. The predicted octanol–water partition coefficient (Wildman–Crippen LogP) is 4.58. The van der Waals surface area contributed by atoms with E-state index in [1.165, 1.54) is 18.2 Å². The van der Waals surface area contributed by atoms with Crippen molar-refractivity contribution < 1.29 is 22.6 Å². The van der Waals surface area contributed by atoms with Gasteiger partial charge in [0.25, 0.3) is 0 Å². The summed E-state index contributed by atoms with van der Waals surface area (Å²) in [4.78, 5) is 4.07. The maximum atomic E-state index is 12.4. The lowest BCUT2D eigenvalue weighted by atomic mass is 9.90. The first-order chi connectivity index (χ1) is 10.7. The number of fused-ring (bicyclic) bond motifs is 1. The summed E-state index contributed by atoms with van der Waals surface area (Å²) in [5.74, 6) is 0.222. The number of aromatic nitrogens is 1. The second-order valence-electron chi connectivity index (χ2n) is 5.71. The van der Waals surface area contributed by atoms with Crippen LogP contribution >= 0.6 is 0 Å². The molecule has 1 aliphatic heterocycles. The van der Waals surface area contributed by atoms with Gasteiger partial charge < -0.3 is 9.47 Å². The van der Waals surface area contributed by atoms with E-state index in [9.17, 15) is 13.2 Å². The van der Waals surface area contributed by atoms with Crippen molar-refractivity contribution in [1.82, 2.24) is 4.98 Å². The van der Waals surface area contributed by atoms with Gasteiger partial charge in [0, 0.05) is 23.5 Å². The fraction of sp³-hybridized carbons (Fsp3) is 0.235. The largest absolute Gasteiger partial charge is 0.573 e. The Morgan fingerprint density at radius 1 is 1.17 bits per heavy atom. The molecular weight excluding hydrogens is 307 g/mol. The maximum Gasteiger partial charge on any atom is 0.573 e. The maximum absolute atomic E-state index is 12.4. The zero-order valence-electron chi connectivity index (χ0n) is 12.5. The van der Waals surface area contributed by atoms with Crippen LogP contribution in [0.15, 0.2) is 48.8 Å². The molecule has 6 heteroatoms. The number of benzene rings is 1. The van der Waals surface area contributed by atoms with Gasteiger partial charge >= 0.3 is 6.36 Å². The molecule has 0 radical (unpaired) electrons. The van der Waals surface area contributed by atoms with Crippen molar-refractivity contribution >= 4 is 5.57 Å². The van der Waals surface area contributed by atoms with Crippen LogP contribution in [0, 0.1) is 0 Å². The highest BCUT2D eigenvalue weighted by molar-refractivity contribution is 5.85. The Morgan fingerprint density at radius 3 is 2.61 bits per heavy atom. The molecule has 0 saturated heterocycles. The van der Waals surface area contributed by atoms with Crippen LogP contribution < -0.4 is 9.47 Å². The van der Waals surface area contributed by atoms with Crippen molar-refractivity contribution in [2.45, 2.75) is 25.8 Å². The highest BCUT2D eigenvalue weighted by atomic mass is 19.4. The number of hydrogen-bond donors (Lipinski definition) is 0. The molecular formula is C17H14F3NO2. The molecule has 0 amide bonds. The lowest BCUT2D eigenvalue weighted by molar-refractivity contribution is -0.274. The van der Waals surface area contributed by atoms with E-state index in [1.807, 2.05) is 26.0 Å². The number of hydrogen-bond acceptors (Lipinski definition) is 3. The quantitative estimate of drug-likeness (QED) is 0.811. The van der Waals surface area contributed by atoms with Gasteiger partial charge in [-0.25, -0.2) is 0 Å². The Morgan fingerprint density at radius 2 is 1.96 bits per heavy atom. The average molecular weight is 321 g/mol. The Kier molecular flexibility index (Phi) is 3.55. The Bertz CT molecular complexity index is 752. The van der Waals surface area contributed by atoms with Gasteiger partial charge in [0.05, 0.1) is 0 Å². The number of halogens is 3. The summed E-state index contributed by atoms with van der Waals surface area (Å²) in [5.41, 5.74) is 1.52. The lowest BCUT2D eigenvalue weighted by Gasteiger charge is -2.31. The van der Waals surface area contributed by atoms with Crippen LogP contribution in [-0.4, -0.2) is 16.9 Å². The summed E-state index contributed by atoms with van der Waals surface area (Å²) in [6.45, 7) is 3.76. The Balaban J connectivity index is 2.10. The third-order valence-corrected chi connectivity index (χ3v) is 3.31. The topological polar surface area (TPSA) is 31.4 Å². The number of ether oxygens (including phenoxy) is 2. The molecule has 2 aromatic rings. The van der Waals surface area contributed by atoms with Crippen molar-refractivity contribution in [1.29, 1.82) is 0 Å². The van der Waals surface area contributed by atoms with Gasteiger partial charge in [0.1, 0.15) is 17.1 Å². The van der Waals surface area contributed by atoms with E-state index >= 15 is 0 Å². The molecule has 0 aliphatic carbocycles. The second kappa shape index (κ2) is 5.30. The highest BCUT2D eigenvalue weighted by Crippen LogP contribution is 2.41. The van der Waals surface area contributed by atoms with Crippen LogP contribution in [0.3, 0.4) is 0 Å². The molecule has 3 nitrogen and oxygen atoms in total. The van der Waals surface area contributed by atoms with E-state index in [0.29, 0.717) is 11.3 Å². The number of rotatable bonds is 2. The molecule has 0 spiro atoms. The van der Waals surface area contributed by atoms with Crippen molar-refractivity contribution in [2.75, 3.05) is 0 Å². The first kappa shape index (κ1) is 15.4. The van der Waals surface area contributed by atoms with Crippen LogP contribution in [0.2, 0.25) is 0 Å². The van der Waals surface area contributed by atoms with E-state index in [2.05, 4.69) is 9.72 Å². The zero-order valence-corrected chi connectivity index (χ0v) is 12.5. The summed E-state index contributed by atoms with van der Waals surface area (Å²) in [5, 5.41) is 0. The zero-order chi connectivity index (χ0) is 16.7. The minimum absolute atomic E-state index is 0.283. The van der Waals surface area contributed by atoms with Gasteiger partial charge in [0.2, 0.25) is 0 Å². The van der Waals surface area contributed by atoms with Crippen LogP contribution in [0.5, 0.6) is 11.5 Å². The molecule has 0 unspecified atom stereocenters. The van der Waals surface area contributed by atoms with Crippen LogP contribution in [0.1, 0.15) is 25.0 Å². The van der Waals surface area contributed by atoms with E-state index in [-0.39, 0.29) is 5.75 Å². The van der Waals surface area contributed by atoms with Gasteiger partial charge in [-0.3, -0.25) is 4.98 Å². The van der Waals surface area contributed by atoms with Gasteiger partial charge in [-0.05, 0) is 49.8 Å². The first-order valence-corrected chi connectivity index (χ1v) is 6.96. The van der Waals surface area contributed by atoms with Crippen molar-refractivity contribution in [3.8, 4) is 11.5 Å². The highest BCUT2D eigenvalue weighted by Gasteiger charge is 2.33. The first-order valence-electron chi connectivity index (χ1n) is 6.96. The van der Waals surface area contributed by atoms with Crippen molar-refractivity contribution in [2.24, 2.45) is 0 Å². The van der Waals surface area contributed by atoms with Gasteiger partial charge in [-0.1, -0.05) is 6.07 Å². The SMILES string of the molecule is CC1(C)C=C(c2cccnc2)c2cc(OC(F)(F)F)ccc2O1. The molecule has 3 rings (SSSR count). The second-order valence-corrected chi connectivity index (χ2v) is 5.71.